The molecule has 0 aliphatic carbocycles. The van der Waals surface area contributed by atoms with Crippen molar-refractivity contribution >= 4 is 45.7 Å². The summed E-state index contributed by atoms with van der Waals surface area (Å²) < 4.78 is 6.63. The van der Waals surface area contributed by atoms with E-state index in [1.54, 1.807) is 30.8 Å². The van der Waals surface area contributed by atoms with Crippen molar-refractivity contribution in [2.75, 3.05) is 23.0 Å². The average Bonchev–Trinajstić information content (AvgIpc) is 2.91. The molecule has 1 aromatic carbocycles. The van der Waals surface area contributed by atoms with Crippen LogP contribution in [-0.2, 0) is 9.59 Å². The maximum atomic E-state index is 12.4. The molecule has 3 rings (SSSR count). The van der Waals surface area contributed by atoms with Crippen LogP contribution in [0.5, 0.6) is 5.75 Å². The summed E-state index contributed by atoms with van der Waals surface area (Å²) in [6, 6.07) is 7.21. The lowest BCUT2D eigenvalue weighted by atomic mass is 10.2. The number of thioether (sulfide) groups is 1. The van der Waals surface area contributed by atoms with Crippen LogP contribution in [0.25, 0.3) is 0 Å². The van der Waals surface area contributed by atoms with Gasteiger partial charge in [-0.2, -0.15) is 0 Å². The van der Waals surface area contributed by atoms with Crippen molar-refractivity contribution < 1.29 is 14.3 Å². The number of benzene rings is 1. The van der Waals surface area contributed by atoms with E-state index in [4.69, 9.17) is 4.74 Å². The number of thiazole rings is 1. The molecule has 126 valence electrons. The van der Waals surface area contributed by atoms with Crippen molar-refractivity contribution in [2.24, 2.45) is 0 Å². The number of hydrogen-bond acceptors (Lipinski definition) is 6. The third-order valence-corrected chi connectivity index (χ3v) is 5.84. The number of nitrogens with zero attached hydrogens (tertiary/aromatic N) is 2. The van der Waals surface area contributed by atoms with Gasteiger partial charge in [-0.3, -0.25) is 14.5 Å². The zero-order valence-electron chi connectivity index (χ0n) is 13.5. The maximum absolute atomic E-state index is 12.4. The smallest absolute Gasteiger partial charge is 0.268 e. The van der Waals surface area contributed by atoms with Gasteiger partial charge in [0.1, 0.15) is 12.3 Å². The van der Waals surface area contributed by atoms with Gasteiger partial charge in [0, 0.05) is 0 Å². The Labute approximate surface area is 148 Å². The molecule has 6 nitrogen and oxygen atoms in total. The van der Waals surface area contributed by atoms with Crippen LogP contribution in [0, 0.1) is 6.92 Å². The molecule has 1 N–H and O–H groups in total. The second kappa shape index (κ2) is 6.82. The van der Waals surface area contributed by atoms with Crippen LogP contribution < -0.4 is 15.0 Å². The van der Waals surface area contributed by atoms with Gasteiger partial charge in [0.25, 0.3) is 5.91 Å². The van der Waals surface area contributed by atoms with Crippen LogP contribution in [0.15, 0.2) is 28.5 Å². The van der Waals surface area contributed by atoms with E-state index in [1.165, 1.54) is 16.2 Å². The zero-order valence-corrected chi connectivity index (χ0v) is 15.2. The fourth-order valence-electron chi connectivity index (χ4n) is 2.45. The Morgan fingerprint density at radius 3 is 2.92 bits per heavy atom. The fraction of sp³-hybridized carbons (Fsp3) is 0.312. The number of amides is 2. The highest BCUT2D eigenvalue weighted by Crippen LogP contribution is 2.34. The predicted octanol–water partition coefficient (Wildman–Crippen LogP) is 2.93. The molecule has 0 spiro atoms. The van der Waals surface area contributed by atoms with Gasteiger partial charge in [-0.1, -0.05) is 23.5 Å². The summed E-state index contributed by atoms with van der Waals surface area (Å²) in [4.78, 5) is 30.5. The van der Waals surface area contributed by atoms with E-state index < -0.39 is 6.10 Å². The second-order valence-corrected chi connectivity index (χ2v) is 7.37. The van der Waals surface area contributed by atoms with E-state index in [1.807, 2.05) is 25.3 Å². The minimum absolute atomic E-state index is 0.0726. The number of rotatable bonds is 4. The van der Waals surface area contributed by atoms with Gasteiger partial charge >= 0.3 is 0 Å². The van der Waals surface area contributed by atoms with Gasteiger partial charge in [0.05, 0.1) is 15.6 Å². The lowest BCUT2D eigenvalue weighted by Crippen LogP contribution is -2.47. The monoisotopic (exact) mass is 363 g/mol. The number of aromatic nitrogens is 1. The van der Waals surface area contributed by atoms with E-state index in [9.17, 15) is 9.59 Å². The van der Waals surface area contributed by atoms with E-state index in [0.29, 0.717) is 16.6 Å². The van der Waals surface area contributed by atoms with Gasteiger partial charge in [0.15, 0.2) is 11.2 Å². The highest BCUT2D eigenvalue weighted by Gasteiger charge is 2.32. The summed E-state index contributed by atoms with van der Waals surface area (Å²) in [5.41, 5.74) is 1.50. The van der Waals surface area contributed by atoms with Gasteiger partial charge in [-0.05, 0) is 32.2 Å². The Morgan fingerprint density at radius 2 is 2.21 bits per heavy atom. The molecular formula is C16H17N3O3S2. The first-order chi connectivity index (χ1) is 11.5. The molecule has 2 aromatic rings. The molecule has 1 aliphatic heterocycles. The van der Waals surface area contributed by atoms with Gasteiger partial charge in [-0.15, -0.1) is 11.8 Å². The van der Waals surface area contributed by atoms with Crippen LogP contribution >= 0.6 is 23.1 Å². The largest absolute Gasteiger partial charge is 0.479 e. The number of fused-ring (bicyclic) bond motifs is 1. The van der Waals surface area contributed by atoms with Crippen LogP contribution in [0.1, 0.15) is 12.6 Å². The molecule has 1 aliphatic rings. The summed E-state index contributed by atoms with van der Waals surface area (Å²) in [5.74, 6) is 0.0878. The molecule has 2 amide bonds. The third-order valence-electron chi connectivity index (χ3n) is 3.56. The zero-order chi connectivity index (χ0) is 17.3. The number of anilines is 2. The van der Waals surface area contributed by atoms with E-state index in [-0.39, 0.29) is 18.4 Å². The first kappa shape index (κ1) is 16.8. The lowest BCUT2D eigenvalue weighted by molar-refractivity contribution is -0.127. The number of hydrogen-bond donors (Lipinski definition) is 1. The summed E-state index contributed by atoms with van der Waals surface area (Å²) >= 11 is 3.02. The molecule has 2 heterocycles. The van der Waals surface area contributed by atoms with E-state index in [2.05, 4.69) is 10.3 Å². The fourth-order valence-corrected chi connectivity index (χ4v) is 4.08. The quantitative estimate of drug-likeness (QED) is 0.846. The molecule has 0 fully saturated rings. The van der Waals surface area contributed by atoms with Crippen molar-refractivity contribution in [2.45, 2.75) is 24.2 Å². The van der Waals surface area contributed by atoms with Gasteiger partial charge in [0.2, 0.25) is 5.91 Å². The SMILES string of the molecule is CSc1sc(NC(=O)CN2C(=O)[C@@H](C)Oc3ccccc32)nc1C. The standard InChI is InChI=1S/C16H17N3O3S2/c1-9-15(23-3)24-16(17-9)18-13(20)8-19-11-6-4-5-7-12(11)22-10(2)14(19)21/h4-7,10H,8H2,1-3H3,(H,17,18,20)/t10-/m1/s1. The number of nitrogens with one attached hydrogen (secondary N) is 1. The van der Waals surface area contributed by atoms with Crippen molar-refractivity contribution in [3.63, 3.8) is 0 Å². The van der Waals surface area contributed by atoms with Crippen LogP contribution in [0.3, 0.4) is 0 Å². The molecule has 8 heteroatoms. The molecule has 0 radical (unpaired) electrons. The predicted molar refractivity (Wildman–Crippen MR) is 96.1 cm³/mol. The molecule has 1 aromatic heterocycles. The highest BCUT2D eigenvalue weighted by molar-refractivity contribution is 8.00. The number of carbonyl (C=O) groups excluding carboxylic acids is 2. The van der Waals surface area contributed by atoms with E-state index in [0.717, 1.165) is 9.90 Å². The lowest BCUT2D eigenvalue weighted by Gasteiger charge is -2.32. The number of aryl methyl sites for hydroxylation is 1. The molecular weight excluding hydrogens is 346 g/mol. The molecule has 0 saturated carbocycles. The minimum Gasteiger partial charge on any atom is -0.479 e. The Hall–Kier alpha value is -2.06. The maximum Gasteiger partial charge on any atom is 0.268 e. The number of para-hydroxylation sites is 2. The summed E-state index contributed by atoms with van der Waals surface area (Å²) in [6.45, 7) is 3.51. The topological polar surface area (TPSA) is 71.5 Å². The summed E-state index contributed by atoms with van der Waals surface area (Å²) in [6.07, 6.45) is 1.36. The van der Waals surface area contributed by atoms with Gasteiger partial charge < -0.3 is 10.1 Å². The first-order valence-electron chi connectivity index (χ1n) is 7.38. The van der Waals surface area contributed by atoms with Crippen molar-refractivity contribution in [3.05, 3.63) is 30.0 Å². The van der Waals surface area contributed by atoms with E-state index >= 15 is 0 Å². The molecule has 1 atom stereocenters. The molecule has 0 bridgehead atoms. The third kappa shape index (κ3) is 3.25. The van der Waals surface area contributed by atoms with Crippen LogP contribution in [0.2, 0.25) is 0 Å². The Kier molecular flexibility index (Phi) is 4.77. The van der Waals surface area contributed by atoms with Crippen LogP contribution in [-0.4, -0.2) is 35.7 Å². The Morgan fingerprint density at radius 1 is 1.46 bits per heavy atom. The van der Waals surface area contributed by atoms with Crippen LogP contribution in [0.4, 0.5) is 10.8 Å². The molecule has 0 saturated heterocycles. The Balaban J connectivity index is 1.76. The average molecular weight is 363 g/mol. The number of ether oxygens (including phenoxy) is 1. The van der Waals surface area contributed by atoms with Gasteiger partial charge in [-0.25, -0.2) is 4.98 Å². The van der Waals surface area contributed by atoms with Crippen molar-refractivity contribution in [1.82, 2.24) is 4.98 Å². The molecule has 24 heavy (non-hydrogen) atoms. The number of carbonyl (C=O) groups is 2. The van der Waals surface area contributed by atoms with Crippen molar-refractivity contribution in [3.8, 4) is 5.75 Å². The molecule has 0 unspecified atom stereocenters. The second-order valence-electron chi connectivity index (χ2n) is 5.30. The minimum atomic E-state index is -0.613. The van der Waals surface area contributed by atoms with Crippen molar-refractivity contribution in [1.29, 1.82) is 0 Å². The summed E-state index contributed by atoms with van der Waals surface area (Å²) in [7, 11) is 0. The normalized spacial score (nSPS) is 16.5. The highest BCUT2D eigenvalue weighted by atomic mass is 32.2. The first-order valence-corrected chi connectivity index (χ1v) is 9.42. The Bertz CT molecular complexity index is 791. The summed E-state index contributed by atoms with van der Waals surface area (Å²) in [5, 5.41) is 3.32.